The third-order valence-electron chi connectivity index (χ3n) is 7.81. The lowest BCUT2D eigenvalue weighted by Gasteiger charge is -2.61. The molecule has 1 aromatic heterocycles. The summed E-state index contributed by atoms with van der Waals surface area (Å²) in [5.41, 5.74) is 4.72. The normalized spacial score (nSPS) is 19.8. The van der Waals surface area contributed by atoms with Crippen molar-refractivity contribution in [1.29, 1.82) is 0 Å². The number of likely N-dealkylation sites (tertiary alicyclic amines) is 1. The molecular weight excluding hydrogens is 436 g/mol. The van der Waals surface area contributed by atoms with Gasteiger partial charge in [0.05, 0.1) is 12.1 Å². The number of benzene rings is 2. The molecule has 2 aliphatic heterocycles. The Labute approximate surface area is 207 Å². The molecule has 2 aromatic carbocycles. The van der Waals surface area contributed by atoms with Crippen LogP contribution in [0.3, 0.4) is 0 Å². The van der Waals surface area contributed by atoms with E-state index < -0.39 is 0 Å². The molecule has 2 saturated heterocycles. The second-order valence-corrected chi connectivity index (χ2v) is 9.95. The zero-order valence-corrected chi connectivity index (χ0v) is 20.5. The van der Waals surface area contributed by atoms with Crippen molar-refractivity contribution in [2.75, 3.05) is 24.5 Å². The number of amides is 2. The summed E-state index contributed by atoms with van der Waals surface area (Å²) in [6.45, 7) is 6.57. The average molecular weight is 471 g/mol. The predicted octanol–water partition coefficient (Wildman–Crippen LogP) is 5.46. The monoisotopic (exact) mass is 470 g/mol. The second kappa shape index (κ2) is 9.61. The van der Waals surface area contributed by atoms with Crippen LogP contribution >= 0.6 is 0 Å². The van der Waals surface area contributed by atoms with E-state index in [1.54, 1.807) is 12.3 Å². The lowest BCUT2D eigenvalue weighted by molar-refractivity contribution is 0.0430. The summed E-state index contributed by atoms with van der Waals surface area (Å²) in [4.78, 5) is 21.8. The van der Waals surface area contributed by atoms with Crippen LogP contribution in [0.1, 0.15) is 55.5 Å². The van der Waals surface area contributed by atoms with Crippen molar-refractivity contribution in [2.45, 2.75) is 45.2 Å². The maximum Gasteiger partial charge on any atom is 0.317 e. The topological polar surface area (TPSA) is 68.7 Å². The van der Waals surface area contributed by atoms with Gasteiger partial charge in [-0.15, -0.1) is 0 Å². The van der Waals surface area contributed by atoms with Gasteiger partial charge in [0.25, 0.3) is 0 Å². The van der Waals surface area contributed by atoms with Crippen molar-refractivity contribution in [3.63, 3.8) is 0 Å². The van der Waals surface area contributed by atoms with Crippen molar-refractivity contribution < 1.29 is 9.90 Å². The highest BCUT2D eigenvalue weighted by Gasteiger charge is 2.54. The molecule has 6 heteroatoms. The van der Waals surface area contributed by atoms with E-state index in [9.17, 15) is 9.90 Å². The minimum absolute atomic E-state index is 0.00834. The number of hydrogen-bond donors (Lipinski definition) is 2. The fraction of sp³-hybridized carbons (Fsp3) is 0.379. The number of anilines is 1. The number of rotatable bonds is 5. The van der Waals surface area contributed by atoms with Crippen LogP contribution in [-0.4, -0.2) is 40.7 Å². The number of carbonyl (C=O) groups is 1. The molecule has 5 rings (SSSR count). The molecule has 2 amide bonds. The minimum Gasteiger partial charge on any atom is -0.508 e. The highest BCUT2D eigenvalue weighted by Crippen LogP contribution is 2.56. The van der Waals surface area contributed by atoms with Gasteiger partial charge in [0, 0.05) is 49.2 Å². The largest absolute Gasteiger partial charge is 0.508 e. The Morgan fingerprint density at radius 2 is 1.91 bits per heavy atom. The number of nitrogens with zero attached hydrogens (tertiary/aromatic N) is 3. The van der Waals surface area contributed by atoms with Crippen LogP contribution < -0.4 is 10.2 Å². The molecule has 0 radical (unpaired) electrons. The number of carbonyl (C=O) groups excluding carboxylic acids is 1. The van der Waals surface area contributed by atoms with Crippen LogP contribution in [0.25, 0.3) is 0 Å². The first-order valence-corrected chi connectivity index (χ1v) is 12.6. The molecule has 2 fully saturated rings. The molecule has 2 atom stereocenters. The van der Waals surface area contributed by atoms with Crippen LogP contribution in [0.15, 0.2) is 73.1 Å². The quantitative estimate of drug-likeness (QED) is 0.519. The van der Waals surface area contributed by atoms with E-state index in [-0.39, 0.29) is 29.3 Å². The molecule has 2 N–H and O–H groups in total. The van der Waals surface area contributed by atoms with Gasteiger partial charge in [-0.2, -0.15) is 0 Å². The smallest absolute Gasteiger partial charge is 0.317 e. The number of aryl methyl sites for hydroxylation is 1. The first kappa shape index (κ1) is 23.2. The van der Waals surface area contributed by atoms with E-state index >= 15 is 0 Å². The fourth-order valence-corrected chi connectivity index (χ4v) is 5.71. The van der Waals surface area contributed by atoms with Crippen molar-refractivity contribution >= 4 is 11.7 Å². The Morgan fingerprint density at radius 1 is 1.14 bits per heavy atom. The van der Waals surface area contributed by atoms with E-state index in [2.05, 4.69) is 52.5 Å². The van der Waals surface area contributed by atoms with Crippen LogP contribution in [0.2, 0.25) is 0 Å². The second-order valence-electron chi connectivity index (χ2n) is 9.95. The number of aromatic hydroxyl groups is 1. The number of pyridine rings is 1. The van der Waals surface area contributed by atoms with E-state index in [4.69, 9.17) is 0 Å². The number of urea groups is 1. The number of aromatic nitrogens is 1. The molecule has 1 spiro atoms. The van der Waals surface area contributed by atoms with Gasteiger partial charge in [0.1, 0.15) is 5.75 Å². The van der Waals surface area contributed by atoms with Gasteiger partial charge in [-0.25, -0.2) is 4.79 Å². The Morgan fingerprint density at radius 3 is 2.57 bits per heavy atom. The van der Waals surface area contributed by atoms with E-state index in [1.165, 1.54) is 11.1 Å². The van der Waals surface area contributed by atoms with Crippen molar-refractivity contribution in [1.82, 2.24) is 15.2 Å². The number of nitrogens with one attached hydrogen (secondary N) is 1. The summed E-state index contributed by atoms with van der Waals surface area (Å²) in [6, 6.07) is 20.2. The Bertz CT molecular complexity index is 1160. The number of phenols is 1. The van der Waals surface area contributed by atoms with Gasteiger partial charge in [-0.05, 0) is 61.1 Å². The first-order chi connectivity index (χ1) is 17.0. The summed E-state index contributed by atoms with van der Waals surface area (Å²) in [6.07, 6.45) is 6.65. The maximum absolute atomic E-state index is 13.1. The van der Waals surface area contributed by atoms with Gasteiger partial charge < -0.3 is 20.2 Å². The van der Waals surface area contributed by atoms with Crippen LogP contribution in [0, 0.1) is 5.41 Å². The number of piperidine rings is 1. The van der Waals surface area contributed by atoms with Crippen LogP contribution in [0.5, 0.6) is 5.75 Å². The van der Waals surface area contributed by atoms with Gasteiger partial charge >= 0.3 is 6.03 Å². The minimum atomic E-state index is -0.0302. The third-order valence-corrected chi connectivity index (χ3v) is 7.81. The fourth-order valence-electron chi connectivity index (χ4n) is 5.71. The van der Waals surface area contributed by atoms with E-state index in [0.717, 1.165) is 50.1 Å². The third kappa shape index (κ3) is 4.57. The van der Waals surface area contributed by atoms with Crippen LogP contribution in [-0.2, 0) is 6.42 Å². The molecule has 182 valence electrons. The SMILES string of the molecule is CCc1ccc([C@H](C)NC(=O)N2CCC3(CC2)CN(c2cccc(O)c2)C3c2cccnc2)cc1. The maximum atomic E-state index is 13.1. The van der Waals surface area contributed by atoms with Gasteiger partial charge in [0.15, 0.2) is 0 Å². The molecule has 3 aromatic rings. The van der Waals surface area contributed by atoms with Crippen molar-refractivity contribution in [2.24, 2.45) is 5.41 Å². The van der Waals surface area contributed by atoms with Crippen molar-refractivity contribution in [3.8, 4) is 5.75 Å². The van der Waals surface area contributed by atoms with Gasteiger partial charge in [-0.1, -0.05) is 43.3 Å². The summed E-state index contributed by atoms with van der Waals surface area (Å²) in [5.74, 6) is 0.276. The summed E-state index contributed by atoms with van der Waals surface area (Å²) in [7, 11) is 0. The molecule has 0 saturated carbocycles. The molecule has 6 nitrogen and oxygen atoms in total. The zero-order valence-electron chi connectivity index (χ0n) is 20.5. The number of phenolic OH excluding ortho intramolecular Hbond substituents is 1. The van der Waals surface area contributed by atoms with Gasteiger partial charge in [0.2, 0.25) is 0 Å². The average Bonchev–Trinajstić information content (AvgIpc) is 2.88. The van der Waals surface area contributed by atoms with E-state index in [0.29, 0.717) is 0 Å². The lowest BCUT2D eigenvalue weighted by Crippen LogP contribution is -2.63. The molecule has 35 heavy (non-hydrogen) atoms. The Hall–Kier alpha value is -3.54. The Balaban J connectivity index is 1.26. The molecule has 0 aliphatic carbocycles. The summed E-state index contributed by atoms with van der Waals surface area (Å²) >= 11 is 0. The molecular formula is C29H34N4O2. The lowest BCUT2D eigenvalue weighted by atomic mass is 9.63. The number of hydrogen-bond acceptors (Lipinski definition) is 4. The van der Waals surface area contributed by atoms with Crippen LogP contribution in [0.4, 0.5) is 10.5 Å². The predicted molar refractivity (Wildman–Crippen MR) is 138 cm³/mol. The highest BCUT2D eigenvalue weighted by molar-refractivity contribution is 5.75. The zero-order chi connectivity index (χ0) is 24.4. The van der Waals surface area contributed by atoms with E-state index in [1.807, 2.05) is 42.3 Å². The molecule has 1 unspecified atom stereocenters. The standard InChI is InChI=1S/C29H34N4O2/c1-3-22-9-11-23(12-10-22)21(2)31-28(35)32-16-13-29(14-17-32)20-33(25-7-4-8-26(34)18-25)27(29)24-6-5-15-30-19-24/h4-12,15,18-19,21,27,34H,3,13-14,16-17,20H2,1-2H3,(H,31,35)/t21-,27?/m0/s1. The van der Waals surface area contributed by atoms with Crippen molar-refractivity contribution in [3.05, 3.63) is 89.7 Å². The molecule has 3 heterocycles. The summed E-state index contributed by atoms with van der Waals surface area (Å²) < 4.78 is 0. The molecule has 2 aliphatic rings. The summed E-state index contributed by atoms with van der Waals surface area (Å²) in [5, 5.41) is 13.2. The first-order valence-electron chi connectivity index (χ1n) is 12.6. The Kier molecular flexibility index (Phi) is 6.37. The van der Waals surface area contributed by atoms with Gasteiger partial charge in [-0.3, -0.25) is 4.98 Å². The highest BCUT2D eigenvalue weighted by atomic mass is 16.3. The molecule has 0 bridgehead atoms.